The van der Waals surface area contributed by atoms with Crippen LogP contribution in [0.3, 0.4) is 0 Å². The summed E-state index contributed by atoms with van der Waals surface area (Å²) in [6.07, 6.45) is 1.07. The van der Waals surface area contributed by atoms with Gasteiger partial charge in [0, 0.05) is 0 Å². The third-order valence-electron chi connectivity index (χ3n) is 3.35. The number of nitrogens with one attached hydrogen (secondary N) is 1. The fourth-order valence-corrected chi connectivity index (χ4v) is 2.70. The molecule has 2 aromatic carbocycles. The number of rotatable bonds is 7. The minimum absolute atomic E-state index is 0.592. The van der Waals surface area contributed by atoms with Gasteiger partial charge in [0.05, 0.1) is 4.47 Å². The minimum atomic E-state index is 0.592. The monoisotopic (exact) mass is 347 g/mol. The fraction of sp³-hybridized carbons (Fsp3) is 0.333. The van der Waals surface area contributed by atoms with E-state index in [4.69, 9.17) is 4.74 Å². The lowest BCUT2D eigenvalue weighted by atomic mass is 10.1. The average Bonchev–Trinajstić information content (AvgIpc) is 2.48. The first-order valence-electron chi connectivity index (χ1n) is 7.36. The maximum absolute atomic E-state index is 5.86. The van der Waals surface area contributed by atoms with Gasteiger partial charge in [0.25, 0.3) is 0 Å². The van der Waals surface area contributed by atoms with Crippen molar-refractivity contribution in [1.29, 1.82) is 0 Å². The highest BCUT2D eigenvalue weighted by Crippen LogP contribution is 2.26. The van der Waals surface area contributed by atoms with Gasteiger partial charge >= 0.3 is 0 Å². The van der Waals surface area contributed by atoms with E-state index < -0.39 is 0 Å². The van der Waals surface area contributed by atoms with Gasteiger partial charge in [-0.1, -0.05) is 37.3 Å². The van der Waals surface area contributed by atoms with Crippen molar-refractivity contribution < 1.29 is 4.74 Å². The second kappa shape index (κ2) is 8.20. The van der Waals surface area contributed by atoms with E-state index in [-0.39, 0.29) is 0 Å². The van der Waals surface area contributed by atoms with Gasteiger partial charge in [0.1, 0.15) is 12.4 Å². The van der Waals surface area contributed by atoms with Crippen LogP contribution < -0.4 is 10.1 Å². The van der Waals surface area contributed by atoms with E-state index in [1.807, 2.05) is 6.07 Å². The number of halogens is 1. The molecule has 0 bridgehead atoms. The van der Waals surface area contributed by atoms with Crippen LogP contribution in [0.5, 0.6) is 5.75 Å². The molecule has 0 saturated carbocycles. The largest absolute Gasteiger partial charge is 0.488 e. The number of ether oxygens (including phenoxy) is 1. The van der Waals surface area contributed by atoms with Gasteiger partial charge < -0.3 is 10.1 Å². The van der Waals surface area contributed by atoms with Gasteiger partial charge in [-0.2, -0.15) is 0 Å². The molecular weight excluding hydrogens is 326 g/mol. The third-order valence-corrected chi connectivity index (χ3v) is 3.96. The first-order chi connectivity index (χ1) is 10.2. The van der Waals surface area contributed by atoms with Crippen molar-refractivity contribution in [3.63, 3.8) is 0 Å². The second-order valence-corrected chi connectivity index (χ2v) is 6.00. The molecule has 0 unspecified atom stereocenters. The van der Waals surface area contributed by atoms with Gasteiger partial charge in [0.15, 0.2) is 0 Å². The number of hydrogen-bond donors (Lipinski definition) is 1. The van der Waals surface area contributed by atoms with Crippen LogP contribution in [-0.2, 0) is 13.0 Å². The van der Waals surface area contributed by atoms with Crippen LogP contribution in [-0.4, -0.2) is 13.1 Å². The first-order valence-corrected chi connectivity index (χ1v) is 8.16. The topological polar surface area (TPSA) is 21.3 Å². The predicted octanol–water partition coefficient (Wildman–Crippen LogP) is 4.49. The molecule has 2 nitrogen and oxygen atoms in total. The molecular formula is C18H22BrNO. The zero-order valence-corrected chi connectivity index (χ0v) is 14.2. The van der Waals surface area contributed by atoms with Crippen LogP contribution in [0.2, 0.25) is 0 Å². The predicted molar refractivity (Wildman–Crippen MR) is 91.9 cm³/mol. The van der Waals surface area contributed by atoms with Gasteiger partial charge in [0.2, 0.25) is 0 Å². The number of benzene rings is 2. The summed E-state index contributed by atoms with van der Waals surface area (Å²) in [6, 6.07) is 14.8. The molecule has 0 fully saturated rings. The fourth-order valence-electron chi connectivity index (χ4n) is 2.10. The maximum atomic E-state index is 5.86. The molecule has 2 aromatic rings. The van der Waals surface area contributed by atoms with Crippen LogP contribution >= 0.6 is 15.9 Å². The van der Waals surface area contributed by atoms with Crippen molar-refractivity contribution in [1.82, 2.24) is 5.32 Å². The quantitative estimate of drug-likeness (QED) is 0.745. The van der Waals surface area contributed by atoms with Gasteiger partial charge in [-0.15, -0.1) is 0 Å². The highest BCUT2D eigenvalue weighted by atomic mass is 79.9. The molecule has 0 saturated heterocycles. The maximum Gasteiger partial charge on any atom is 0.134 e. The second-order valence-electron chi connectivity index (χ2n) is 5.14. The van der Waals surface area contributed by atoms with Crippen molar-refractivity contribution in [2.75, 3.05) is 13.1 Å². The van der Waals surface area contributed by atoms with Crippen molar-refractivity contribution in [2.24, 2.45) is 0 Å². The molecule has 1 N–H and O–H groups in total. The Kier molecular flexibility index (Phi) is 6.27. The molecule has 0 aliphatic heterocycles. The Morgan fingerprint density at radius 1 is 1.05 bits per heavy atom. The lowest BCUT2D eigenvalue weighted by Crippen LogP contribution is -2.15. The standard InChI is InChI=1S/C18H22BrNO/c1-3-20-11-10-15-5-7-16(8-6-15)13-21-18-9-4-14(2)12-17(18)19/h4-9,12,20H,3,10-11,13H2,1-2H3. The summed E-state index contributed by atoms with van der Waals surface area (Å²) in [7, 11) is 0. The van der Waals surface area contributed by atoms with E-state index in [2.05, 4.69) is 71.5 Å². The Labute approximate surface area is 135 Å². The van der Waals surface area contributed by atoms with Gasteiger partial charge in [-0.25, -0.2) is 0 Å². The summed E-state index contributed by atoms with van der Waals surface area (Å²) >= 11 is 3.54. The van der Waals surface area contributed by atoms with Crippen LogP contribution in [0.1, 0.15) is 23.6 Å². The van der Waals surface area contributed by atoms with E-state index in [1.165, 1.54) is 16.7 Å². The Bertz CT molecular complexity index is 566. The summed E-state index contributed by atoms with van der Waals surface area (Å²) in [6.45, 7) is 6.85. The zero-order chi connectivity index (χ0) is 15.1. The lowest BCUT2D eigenvalue weighted by molar-refractivity contribution is 0.304. The average molecular weight is 348 g/mol. The molecule has 0 amide bonds. The molecule has 0 aromatic heterocycles. The highest BCUT2D eigenvalue weighted by Gasteiger charge is 2.02. The Balaban J connectivity index is 1.88. The van der Waals surface area contributed by atoms with Crippen molar-refractivity contribution >= 4 is 15.9 Å². The highest BCUT2D eigenvalue weighted by molar-refractivity contribution is 9.10. The molecule has 3 heteroatoms. The van der Waals surface area contributed by atoms with E-state index in [1.54, 1.807) is 0 Å². The molecule has 112 valence electrons. The van der Waals surface area contributed by atoms with Crippen LogP contribution in [0.15, 0.2) is 46.9 Å². The van der Waals surface area contributed by atoms with Crippen LogP contribution in [0.25, 0.3) is 0 Å². The Hall–Kier alpha value is -1.32. The Morgan fingerprint density at radius 3 is 2.43 bits per heavy atom. The Morgan fingerprint density at radius 2 is 1.76 bits per heavy atom. The third kappa shape index (κ3) is 5.18. The normalized spacial score (nSPS) is 10.6. The summed E-state index contributed by atoms with van der Waals surface area (Å²) in [5.74, 6) is 0.886. The summed E-state index contributed by atoms with van der Waals surface area (Å²) in [5, 5.41) is 3.34. The van der Waals surface area contributed by atoms with Crippen molar-refractivity contribution in [3.8, 4) is 5.75 Å². The molecule has 0 spiro atoms. The number of hydrogen-bond acceptors (Lipinski definition) is 2. The first kappa shape index (κ1) is 16.1. The van der Waals surface area contributed by atoms with E-state index >= 15 is 0 Å². The number of aryl methyl sites for hydroxylation is 1. The van der Waals surface area contributed by atoms with E-state index in [9.17, 15) is 0 Å². The number of likely N-dealkylation sites (N-methyl/N-ethyl adjacent to an activating group) is 1. The van der Waals surface area contributed by atoms with Crippen LogP contribution in [0, 0.1) is 6.92 Å². The molecule has 21 heavy (non-hydrogen) atoms. The van der Waals surface area contributed by atoms with E-state index in [0.717, 1.165) is 29.7 Å². The molecule has 0 atom stereocenters. The molecule has 2 rings (SSSR count). The van der Waals surface area contributed by atoms with Gasteiger partial charge in [-0.3, -0.25) is 0 Å². The van der Waals surface area contributed by atoms with Gasteiger partial charge in [-0.05, 0) is 71.2 Å². The lowest BCUT2D eigenvalue weighted by Gasteiger charge is -2.09. The van der Waals surface area contributed by atoms with E-state index in [0.29, 0.717) is 6.61 Å². The summed E-state index contributed by atoms with van der Waals surface area (Å²) < 4.78 is 6.86. The molecule has 0 aliphatic carbocycles. The molecule has 0 heterocycles. The smallest absolute Gasteiger partial charge is 0.134 e. The van der Waals surface area contributed by atoms with Crippen molar-refractivity contribution in [3.05, 3.63) is 63.6 Å². The SMILES string of the molecule is CCNCCc1ccc(COc2ccc(C)cc2Br)cc1. The summed E-state index contributed by atoms with van der Waals surface area (Å²) in [5.41, 5.74) is 3.77. The van der Waals surface area contributed by atoms with Crippen LogP contribution in [0.4, 0.5) is 0 Å². The minimum Gasteiger partial charge on any atom is -0.488 e. The molecule has 0 radical (unpaired) electrons. The summed E-state index contributed by atoms with van der Waals surface area (Å²) in [4.78, 5) is 0. The van der Waals surface area contributed by atoms with Crippen molar-refractivity contribution in [2.45, 2.75) is 26.9 Å². The zero-order valence-electron chi connectivity index (χ0n) is 12.7. The molecule has 0 aliphatic rings.